The van der Waals surface area contributed by atoms with Gasteiger partial charge < -0.3 is 0 Å². The van der Waals surface area contributed by atoms with Crippen molar-refractivity contribution in [3.05, 3.63) is 56.4 Å². The summed E-state index contributed by atoms with van der Waals surface area (Å²) in [6, 6.07) is 7.94. The lowest BCUT2D eigenvalue weighted by Crippen LogP contribution is -2.14. The van der Waals surface area contributed by atoms with Gasteiger partial charge in [-0.2, -0.15) is 9.61 Å². The third-order valence-corrected chi connectivity index (χ3v) is 5.35. The van der Waals surface area contributed by atoms with E-state index in [9.17, 15) is 4.79 Å². The highest BCUT2D eigenvalue weighted by Crippen LogP contribution is 2.26. The molecule has 2 aromatic heterocycles. The van der Waals surface area contributed by atoms with Crippen LogP contribution in [-0.4, -0.2) is 14.6 Å². The minimum absolute atomic E-state index is 0.115. The smallest absolute Gasteiger partial charge is 0.267 e. The molecule has 0 fully saturated rings. The van der Waals surface area contributed by atoms with Crippen LogP contribution in [0.1, 0.15) is 21.8 Å². The summed E-state index contributed by atoms with van der Waals surface area (Å²) in [5.74, 6) is 0.745. The van der Waals surface area contributed by atoms with Gasteiger partial charge in [-0.15, -0.1) is 11.8 Å². The summed E-state index contributed by atoms with van der Waals surface area (Å²) in [6.07, 6.45) is 0. The van der Waals surface area contributed by atoms with Gasteiger partial charge in [0.05, 0.1) is 5.75 Å². The Morgan fingerprint density at radius 2 is 2.00 bits per heavy atom. The van der Waals surface area contributed by atoms with Gasteiger partial charge in [-0.1, -0.05) is 17.4 Å². The highest BCUT2D eigenvalue weighted by atomic mass is 32.2. The fourth-order valence-corrected chi connectivity index (χ4v) is 3.89. The Morgan fingerprint density at radius 1 is 1.19 bits per heavy atom. The van der Waals surface area contributed by atoms with Crippen molar-refractivity contribution >= 4 is 28.1 Å². The van der Waals surface area contributed by atoms with Crippen LogP contribution >= 0.6 is 23.1 Å². The first-order valence-corrected chi connectivity index (χ1v) is 8.39. The average molecular weight is 317 g/mol. The maximum atomic E-state index is 11.8. The van der Waals surface area contributed by atoms with Crippen LogP contribution in [0, 0.1) is 20.8 Å². The molecule has 21 heavy (non-hydrogen) atoms. The van der Waals surface area contributed by atoms with Crippen molar-refractivity contribution in [2.45, 2.75) is 31.4 Å². The third kappa shape index (κ3) is 3.01. The van der Waals surface area contributed by atoms with E-state index < -0.39 is 0 Å². The lowest BCUT2D eigenvalue weighted by molar-refractivity contribution is 0.870. The fourth-order valence-electron chi connectivity index (χ4n) is 1.97. The number of benzene rings is 1. The molecule has 0 amide bonds. The second kappa shape index (κ2) is 5.61. The van der Waals surface area contributed by atoms with Gasteiger partial charge in [-0.25, -0.2) is 4.98 Å². The second-order valence-corrected chi connectivity index (χ2v) is 7.05. The molecule has 108 valence electrons. The molecule has 0 saturated carbocycles. The molecule has 0 aliphatic heterocycles. The number of fused-ring (bicyclic) bond motifs is 1. The zero-order valence-corrected chi connectivity index (χ0v) is 13.7. The summed E-state index contributed by atoms with van der Waals surface area (Å²) in [4.78, 5) is 18.1. The monoisotopic (exact) mass is 317 g/mol. The lowest BCUT2D eigenvalue weighted by Gasteiger charge is -2.03. The molecule has 0 radical (unpaired) electrons. The van der Waals surface area contributed by atoms with Crippen molar-refractivity contribution < 1.29 is 0 Å². The maximum Gasteiger partial charge on any atom is 0.275 e. The Labute approximate surface area is 130 Å². The van der Waals surface area contributed by atoms with Crippen molar-refractivity contribution in [3.63, 3.8) is 0 Å². The first-order valence-electron chi connectivity index (χ1n) is 6.59. The minimum Gasteiger partial charge on any atom is -0.267 e. The first kappa shape index (κ1) is 14.3. The number of thioether (sulfide) groups is 1. The molecule has 0 atom stereocenters. The SMILES string of the molecule is Cc1cc(=O)n2nc(CSc3ccc(C)c(C)c3)sc2n1. The van der Waals surface area contributed by atoms with Gasteiger partial charge in [0.25, 0.3) is 5.56 Å². The van der Waals surface area contributed by atoms with E-state index in [2.05, 4.69) is 42.1 Å². The molecule has 2 heterocycles. The minimum atomic E-state index is -0.115. The van der Waals surface area contributed by atoms with Gasteiger partial charge in [-0.05, 0) is 44.0 Å². The number of hydrogen-bond donors (Lipinski definition) is 0. The van der Waals surface area contributed by atoms with Crippen molar-refractivity contribution in [1.82, 2.24) is 14.6 Å². The summed E-state index contributed by atoms with van der Waals surface area (Å²) >= 11 is 3.20. The van der Waals surface area contributed by atoms with E-state index in [1.165, 1.54) is 37.9 Å². The Morgan fingerprint density at radius 3 is 2.76 bits per heavy atom. The average Bonchev–Trinajstić information content (AvgIpc) is 2.83. The standard InChI is InChI=1S/C15H15N3OS2/c1-9-4-5-12(6-10(9)2)20-8-13-17-18-14(19)7-11(3)16-15(18)21-13/h4-7H,8H2,1-3H3. The molecule has 0 aliphatic rings. The van der Waals surface area contributed by atoms with Gasteiger partial charge in [-0.3, -0.25) is 4.79 Å². The van der Waals surface area contributed by atoms with Gasteiger partial charge >= 0.3 is 0 Å². The number of aromatic nitrogens is 3. The number of aryl methyl sites for hydroxylation is 3. The molecule has 1 aromatic carbocycles. The first-order chi connectivity index (χ1) is 10.0. The fraction of sp³-hybridized carbons (Fsp3) is 0.267. The van der Waals surface area contributed by atoms with Crippen molar-refractivity contribution in [2.75, 3.05) is 0 Å². The predicted molar refractivity (Wildman–Crippen MR) is 87.3 cm³/mol. The van der Waals surface area contributed by atoms with Crippen LogP contribution in [0.4, 0.5) is 0 Å². The van der Waals surface area contributed by atoms with Crippen LogP contribution in [0.25, 0.3) is 4.96 Å². The van der Waals surface area contributed by atoms with E-state index in [0.717, 1.165) is 16.5 Å². The molecule has 0 bridgehead atoms. The normalized spacial score (nSPS) is 11.2. The summed E-state index contributed by atoms with van der Waals surface area (Å²) in [5.41, 5.74) is 3.21. The molecule has 0 aliphatic carbocycles. The lowest BCUT2D eigenvalue weighted by atomic mass is 10.1. The van der Waals surface area contributed by atoms with Crippen LogP contribution in [0.2, 0.25) is 0 Å². The van der Waals surface area contributed by atoms with Crippen molar-refractivity contribution in [2.24, 2.45) is 0 Å². The Balaban J connectivity index is 1.83. The Hall–Kier alpha value is -1.66. The molecular weight excluding hydrogens is 302 g/mol. The molecule has 0 spiro atoms. The number of rotatable bonds is 3. The molecule has 3 rings (SSSR count). The van der Waals surface area contributed by atoms with Crippen LogP contribution < -0.4 is 5.56 Å². The van der Waals surface area contributed by atoms with E-state index in [4.69, 9.17) is 0 Å². The van der Waals surface area contributed by atoms with Crippen molar-refractivity contribution in [3.8, 4) is 0 Å². The van der Waals surface area contributed by atoms with Gasteiger partial charge in [0, 0.05) is 16.7 Å². The van der Waals surface area contributed by atoms with Crippen LogP contribution in [0.15, 0.2) is 34.0 Å². The highest BCUT2D eigenvalue weighted by Gasteiger charge is 2.08. The molecule has 3 aromatic rings. The van der Waals surface area contributed by atoms with Gasteiger partial charge in [0.15, 0.2) is 0 Å². The largest absolute Gasteiger partial charge is 0.275 e. The molecular formula is C15H15N3OS2. The molecule has 0 unspecified atom stereocenters. The van der Waals surface area contributed by atoms with Crippen LogP contribution in [-0.2, 0) is 5.75 Å². The Kier molecular flexibility index (Phi) is 3.82. The highest BCUT2D eigenvalue weighted by molar-refractivity contribution is 7.98. The molecule has 4 nitrogen and oxygen atoms in total. The zero-order chi connectivity index (χ0) is 15.0. The van der Waals surface area contributed by atoms with E-state index in [1.54, 1.807) is 11.8 Å². The summed E-state index contributed by atoms with van der Waals surface area (Å²) in [5, 5.41) is 5.26. The van der Waals surface area contributed by atoms with Crippen molar-refractivity contribution in [1.29, 1.82) is 0 Å². The summed E-state index contributed by atoms with van der Waals surface area (Å²) in [7, 11) is 0. The maximum absolute atomic E-state index is 11.8. The van der Waals surface area contributed by atoms with E-state index in [1.807, 2.05) is 6.92 Å². The molecule has 0 saturated heterocycles. The zero-order valence-electron chi connectivity index (χ0n) is 12.1. The topological polar surface area (TPSA) is 47.3 Å². The number of nitrogens with zero attached hydrogens (tertiary/aromatic N) is 3. The summed E-state index contributed by atoms with van der Waals surface area (Å²) in [6.45, 7) is 6.05. The van der Waals surface area contributed by atoms with Gasteiger partial charge in [0.1, 0.15) is 5.01 Å². The molecule has 0 N–H and O–H groups in total. The van der Waals surface area contributed by atoms with Gasteiger partial charge in [0.2, 0.25) is 4.96 Å². The van der Waals surface area contributed by atoms with Crippen LogP contribution in [0.5, 0.6) is 0 Å². The van der Waals surface area contributed by atoms with E-state index in [0.29, 0.717) is 4.96 Å². The quantitative estimate of drug-likeness (QED) is 0.695. The van der Waals surface area contributed by atoms with Crippen LogP contribution in [0.3, 0.4) is 0 Å². The predicted octanol–water partition coefficient (Wildman–Crippen LogP) is 3.37. The second-order valence-electron chi connectivity index (χ2n) is 4.96. The summed E-state index contributed by atoms with van der Waals surface area (Å²) < 4.78 is 1.38. The third-order valence-electron chi connectivity index (χ3n) is 3.26. The molecule has 6 heteroatoms. The number of hydrogen-bond acceptors (Lipinski definition) is 5. The Bertz CT molecular complexity index is 867. The van der Waals surface area contributed by atoms with E-state index in [-0.39, 0.29) is 5.56 Å². The van der Waals surface area contributed by atoms with E-state index >= 15 is 0 Å².